The topological polar surface area (TPSA) is 81.8 Å². The van der Waals surface area contributed by atoms with Crippen LogP contribution in [0.1, 0.15) is 35.4 Å². The van der Waals surface area contributed by atoms with Gasteiger partial charge in [-0.15, -0.1) is 0 Å². The van der Waals surface area contributed by atoms with Gasteiger partial charge in [0.05, 0.1) is 0 Å². The van der Waals surface area contributed by atoms with E-state index in [1.54, 1.807) is 24.3 Å². The third kappa shape index (κ3) is 3.72. The Bertz CT molecular complexity index is 676. The Labute approximate surface area is 137 Å². The highest BCUT2D eigenvalue weighted by Gasteiger charge is 2.25. The Kier molecular flexibility index (Phi) is 4.95. The lowest BCUT2D eigenvalue weighted by atomic mass is 10.1. The highest BCUT2D eigenvalue weighted by atomic mass is 35.5. The maximum Gasteiger partial charge on any atom is 0.341 e. The number of hydrogen-bond acceptors (Lipinski definition) is 5. The van der Waals surface area contributed by atoms with E-state index in [1.807, 2.05) is 0 Å². The summed E-state index contributed by atoms with van der Waals surface area (Å²) < 4.78 is 16.2. The number of aromatic carboxylic acids is 1. The Morgan fingerprint density at radius 3 is 2.78 bits per heavy atom. The first-order valence-corrected chi connectivity index (χ1v) is 7.74. The molecular weight excluding hydrogens is 322 g/mol. The number of hydrogen-bond donors (Lipinski definition) is 1. The lowest BCUT2D eigenvalue weighted by molar-refractivity contribution is -0.171. The zero-order valence-electron chi connectivity index (χ0n) is 12.3. The maximum atomic E-state index is 11.6. The van der Waals surface area contributed by atoms with Gasteiger partial charge in [-0.2, -0.15) is 0 Å². The molecule has 1 fully saturated rings. The van der Waals surface area contributed by atoms with E-state index >= 15 is 0 Å². The monoisotopic (exact) mass is 337 g/mol. The van der Waals surface area contributed by atoms with Crippen molar-refractivity contribution in [2.45, 2.75) is 32.2 Å². The molecule has 0 aliphatic carbocycles. The van der Waals surface area contributed by atoms with Crippen LogP contribution in [0.2, 0.25) is 5.02 Å². The number of benzene rings is 1. The van der Waals surface area contributed by atoms with Crippen molar-refractivity contribution in [2.75, 3.05) is 6.61 Å². The standard InChI is InChI=1S/C16H16ClNO5/c17-11-6-4-10(5-7-11)15-14(16(19)20)12(23-18-15)9-22-13-3-1-2-8-21-13/h4-7,13H,1-3,8-9H2,(H,19,20)/t13-/m0/s1. The molecule has 1 saturated heterocycles. The van der Waals surface area contributed by atoms with Crippen LogP contribution in [0.25, 0.3) is 11.3 Å². The highest BCUT2D eigenvalue weighted by Crippen LogP contribution is 2.28. The van der Waals surface area contributed by atoms with Gasteiger partial charge in [0.2, 0.25) is 0 Å². The second-order valence-electron chi connectivity index (χ2n) is 5.25. The van der Waals surface area contributed by atoms with Gasteiger partial charge in [0, 0.05) is 17.2 Å². The van der Waals surface area contributed by atoms with E-state index < -0.39 is 5.97 Å². The molecular formula is C16H16ClNO5. The molecule has 0 radical (unpaired) electrons. The number of aromatic nitrogens is 1. The summed E-state index contributed by atoms with van der Waals surface area (Å²) >= 11 is 5.85. The number of rotatable bonds is 5. The molecule has 7 heteroatoms. The summed E-state index contributed by atoms with van der Waals surface area (Å²) in [5.74, 6) is -0.934. The minimum atomic E-state index is -1.11. The second-order valence-corrected chi connectivity index (χ2v) is 5.68. The minimum Gasteiger partial charge on any atom is -0.477 e. The fraction of sp³-hybridized carbons (Fsp3) is 0.375. The van der Waals surface area contributed by atoms with Crippen LogP contribution in [-0.2, 0) is 16.1 Å². The van der Waals surface area contributed by atoms with Crippen molar-refractivity contribution in [1.82, 2.24) is 5.16 Å². The first-order valence-electron chi connectivity index (χ1n) is 7.36. The molecule has 2 aromatic rings. The average molecular weight is 338 g/mol. The van der Waals surface area contributed by atoms with Gasteiger partial charge in [0.25, 0.3) is 0 Å². The summed E-state index contributed by atoms with van der Waals surface area (Å²) in [5.41, 5.74) is 0.885. The van der Waals surface area contributed by atoms with Crippen LogP contribution < -0.4 is 0 Å². The Balaban J connectivity index is 1.80. The molecule has 0 spiro atoms. The summed E-state index contributed by atoms with van der Waals surface area (Å²) in [7, 11) is 0. The van der Waals surface area contributed by atoms with Crippen LogP contribution in [0.3, 0.4) is 0 Å². The van der Waals surface area contributed by atoms with Gasteiger partial charge >= 0.3 is 5.97 Å². The second kappa shape index (κ2) is 7.12. The Morgan fingerprint density at radius 2 is 2.13 bits per heavy atom. The third-order valence-corrected chi connectivity index (χ3v) is 3.88. The van der Waals surface area contributed by atoms with Gasteiger partial charge in [-0.05, 0) is 31.4 Å². The van der Waals surface area contributed by atoms with E-state index in [9.17, 15) is 9.90 Å². The molecule has 1 aromatic heterocycles. The van der Waals surface area contributed by atoms with Gasteiger partial charge < -0.3 is 19.1 Å². The molecule has 0 unspecified atom stereocenters. The number of nitrogens with zero attached hydrogens (tertiary/aromatic N) is 1. The van der Waals surface area contributed by atoms with Crippen molar-refractivity contribution in [1.29, 1.82) is 0 Å². The smallest absolute Gasteiger partial charge is 0.341 e. The number of ether oxygens (including phenoxy) is 2. The van der Waals surface area contributed by atoms with E-state index in [4.69, 9.17) is 25.6 Å². The van der Waals surface area contributed by atoms with Crippen LogP contribution in [0.4, 0.5) is 0 Å². The van der Waals surface area contributed by atoms with Crippen molar-refractivity contribution in [3.05, 3.63) is 40.6 Å². The van der Waals surface area contributed by atoms with E-state index in [2.05, 4.69) is 5.16 Å². The van der Waals surface area contributed by atoms with Crippen LogP contribution in [0.5, 0.6) is 0 Å². The molecule has 0 bridgehead atoms. The summed E-state index contributed by atoms with van der Waals surface area (Å²) in [6.45, 7) is 0.662. The predicted octanol–water partition coefficient (Wildman–Crippen LogP) is 3.74. The van der Waals surface area contributed by atoms with Crippen LogP contribution >= 0.6 is 11.6 Å². The molecule has 1 atom stereocenters. The van der Waals surface area contributed by atoms with Crippen LogP contribution in [0.15, 0.2) is 28.8 Å². The summed E-state index contributed by atoms with van der Waals surface area (Å²) in [6, 6.07) is 6.73. The quantitative estimate of drug-likeness (QED) is 0.895. The van der Waals surface area contributed by atoms with E-state index in [1.165, 1.54) is 0 Å². The molecule has 3 rings (SSSR count). The fourth-order valence-corrected chi connectivity index (χ4v) is 2.59. The molecule has 6 nitrogen and oxygen atoms in total. The molecule has 1 aromatic carbocycles. The molecule has 0 amide bonds. The van der Waals surface area contributed by atoms with E-state index in [-0.39, 0.29) is 29.9 Å². The number of carbonyl (C=O) groups is 1. The molecule has 23 heavy (non-hydrogen) atoms. The summed E-state index contributed by atoms with van der Waals surface area (Å²) in [5, 5.41) is 13.9. The number of carboxylic acids is 1. The lowest BCUT2D eigenvalue weighted by Gasteiger charge is -2.22. The third-order valence-electron chi connectivity index (χ3n) is 3.63. The van der Waals surface area contributed by atoms with Gasteiger partial charge in [0.1, 0.15) is 17.9 Å². The molecule has 1 N–H and O–H groups in total. The number of halogens is 1. The van der Waals surface area contributed by atoms with Crippen molar-refractivity contribution in [3.63, 3.8) is 0 Å². The molecule has 122 valence electrons. The van der Waals surface area contributed by atoms with Crippen LogP contribution in [0, 0.1) is 0 Å². The van der Waals surface area contributed by atoms with Crippen molar-refractivity contribution in [2.24, 2.45) is 0 Å². The summed E-state index contributed by atoms with van der Waals surface area (Å²) in [4.78, 5) is 11.6. The maximum absolute atomic E-state index is 11.6. The van der Waals surface area contributed by atoms with Crippen molar-refractivity contribution in [3.8, 4) is 11.3 Å². The van der Waals surface area contributed by atoms with Gasteiger partial charge in [-0.25, -0.2) is 4.79 Å². The zero-order chi connectivity index (χ0) is 16.2. The molecule has 1 aliphatic rings. The van der Waals surface area contributed by atoms with Gasteiger partial charge in [-0.3, -0.25) is 0 Å². The molecule has 0 saturated carbocycles. The average Bonchev–Trinajstić information content (AvgIpc) is 2.99. The van der Waals surface area contributed by atoms with Gasteiger partial charge in [0.15, 0.2) is 12.1 Å². The zero-order valence-corrected chi connectivity index (χ0v) is 13.1. The molecule has 2 heterocycles. The molecule has 1 aliphatic heterocycles. The lowest BCUT2D eigenvalue weighted by Crippen LogP contribution is -2.22. The Hall–Kier alpha value is -1.89. The predicted molar refractivity (Wildman–Crippen MR) is 82.3 cm³/mol. The summed E-state index contributed by atoms with van der Waals surface area (Å²) in [6.07, 6.45) is 2.52. The largest absolute Gasteiger partial charge is 0.477 e. The van der Waals surface area contributed by atoms with Gasteiger partial charge in [-0.1, -0.05) is 28.9 Å². The minimum absolute atomic E-state index is 0.00290. The Morgan fingerprint density at radius 1 is 1.35 bits per heavy atom. The van der Waals surface area contributed by atoms with E-state index in [0.717, 1.165) is 19.3 Å². The van der Waals surface area contributed by atoms with Crippen molar-refractivity contribution >= 4 is 17.6 Å². The first kappa shape index (κ1) is 16.0. The van der Waals surface area contributed by atoms with E-state index in [0.29, 0.717) is 17.2 Å². The van der Waals surface area contributed by atoms with Crippen LogP contribution in [-0.4, -0.2) is 29.1 Å². The SMILES string of the molecule is O=C(O)c1c(-c2ccc(Cl)cc2)noc1CO[C@H]1CCCCO1. The number of carboxylic acid groups (broad SMARTS) is 1. The highest BCUT2D eigenvalue weighted by molar-refractivity contribution is 6.30. The fourth-order valence-electron chi connectivity index (χ4n) is 2.46. The normalized spacial score (nSPS) is 18.0. The first-order chi connectivity index (χ1) is 11.1. The van der Waals surface area contributed by atoms with Crippen molar-refractivity contribution < 1.29 is 23.9 Å².